The summed E-state index contributed by atoms with van der Waals surface area (Å²) in [6.07, 6.45) is 2.25. The molecule has 0 aliphatic heterocycles. The number of aldehydes is 1. The molecule has 0 aliphatic rings. The van der Waals surface area contributed by atoms with E-state index < -0.39 is 0 Å². The van der Waals surface area contributed by atoms with Gasteiger partial charge in [-0.05, 0) is 15.9 Å². The monoisotopic (exact) mass is 229 g/mol. The van der Waals surface area contributed by atoms with Crippen molar-refractivity contribution < 1.29 is 4.79 Å². The first kappa shape index (κ1) is 9.12. The highest BCUT2D eigenvalue weighted by Gasteiger charge is 2.04. The first-order valence-corrected chi connectivity index (χ1v) is 4.09. The van der Waals surface area contributed by atoms with Gasteiger partial charge in [0.25, 0.3) is 0 Å². The fourth-order valence-electron chi connectivity index (χ4n) is 0.669. The maximum Gasteiger partial charge on any atom is 0.225 e. The van der Waals surface area contributed by atoms with Crippen LogP contribution in [-0.2, 0) is 0 Å². The Hall–Kier alpha value is -0.970. The molecule has 0 saturated heterocycles. The van der Waals surface area contributed by atoms with Crippen LogP contribution < -0.4 is 4.90 Å². The van der Waals surface area contributed by atoms with E-state index in [1.165, 1.54) is 0 Å². The Morgan fingerprint density at radius 3 is 2.75 bits per heavy atom. The van der Waals surface area contributed by atoms with Crippen molar-refractivity contribution in [1.29, 1.82) is 0 Å². The predicted molar refractivity (Wildman–Crippen MR) is 49.4 cm³/mol. The van der Waals surface area contributed by atoms with Gasteiger partial charge < -0.3 is 4.90 Å². The zero-order chi connectivity index (χ0) is 9.14. The molecule has 0 atom stereocenters. The fourth-order valence-corrected chi connectivity index (χ4v) is 0.953. The summed E-state index contributed by atoms with van der Waals surface area (Å²) in [5, 5.41) is 0. The van der Waals surface area contributed by atoms with E-state index in [0.29, 0.717) is 22.4 Å². The molecule has 0 aliphatic carbocycles. The van der Waals surface area contributed by atoms with Gasteiger partial charge in [-0.1, -0.05) is 0 Å². The van der Waals surface area contributed by atoms with E-state index in [-0.39, 0.29) is 0 Å². The van der Waals surface area contributed by atoms with Gasteiger partial charge in [0.05, 0.1) is 4.47 Å². The second kappa shape index (κ2) is 3.62. The van der Waals surface area contributed by atoms with Gasteiger partial charge in [0.2, 0.25) is 5.95 Å². The summed E-state index contributed by atoms with van der Waals surface area (Å²) in [6.45, 7) is 0. The normalized spacial score (nSPS) is 9.58. The lowest BCUT2D eigenvalue weighted by Gasteiger charge is -2.09. The number of aromatic nitrogens is 2. The second-order valence-corrected chi connectivity index (χ2v) is 3.27. The van der Waals surface area contributed by atoms with Gasteiger partial charge in [-0.15, -0.1) is 0 Å². The van der Waals surface area contributed by atoms with Crippen molar-refractivity contribution in [1.82, 2.24) is 9.97 Å². The molecule has 64 valence electrons. The molecule has 4 nitrogen and oxygen atoms in total. The average molecular weight is 230 g/mol. The van der Waals surface area contributed by atoms with Crippen LogP contribution in [0, 0.1) is 0 Å². The topological polar surface area (TPSA) is 46.1 Å². The molecule has 1 aromatic heterocycles. The van der Waals surface area contributed by atoms with Crippen molar-refractivity contribution in [3.05, 3.63) is 16.4 Å². The van der Waals surface area contributed by atoms with Crippen molar-refractivity contribution in [3.63, 3.8) is 0 Å². The Morgan fingerprint density at radius 1 is 1.58 bits per heavy atom. The quantitative estimate of drug-likeness (QED) is 0.714. The number of carbonyl (C=O) groups excluding carboxylic acids is 1. The largest absolute Gasteiger partial charge is 0.347 e. The molecule has 12 heavy (non-hydrogen) atoms. The Balaban J connectivity index is 3.13. The van der Waals surface area contributed by atoms with Crippen LogP contribution in [0.1, 0.15) is 10.5 Å². The minimum Gasteiger partial charge on any atom is -0.347 e. The predicted octanol–water partition coefficient (Wildman–Crippen LogP) is 1.12. The molecule has 0 aromatic carbocycles. The summed E-state index contributed by atoms with van der Waals surface area (Å²) in [7, 11) is 3.63. The molecular weight excluding hydrogens is 222 g/mol. The first-order valence-electron chi connectivity index (χ1n) is 3.30. The molecule has 0 spiro atoms. The van der Waals surface area contributed by atoms with Gasteiger partial charge in [0.15, 0.2) is 6.29 Å². The number of hydrogen-bond donors (Lipinski definition) is 0. The van der Waals surface area contributed by atoms with Crippen LogP contribution in [0.2, 0.25) is 0 Å². The number of hydrogen-bond acceptors (Lipinski definition) is 4. The Bertz CT molecular complexity index is 301. The molecule has 0 saturated carbocycles. The SMILES string of the molecule is CN(C)c1ncc(Br)c(C=O)n1. The van der Waals surface area contributed by atoms with Crippen molar-refractivity contribution in [3.8, 4) is 0 Å². The summed E-state index contributed by atoms with van der Waals surface area (Å²) >= 11 is 3.16. The van der Waals surface area contributed by atoms with E-state index in [9.17, 15) is 4.79 Å². The van der Waals surface area contributed by atoms with Crippen LogP contribution in [0.4, 0.5) is 5.95 Å². The first-order chi connectivity index (χ1) is 5.65. The van der Waals surface area contributed by atoms with Crippen LogP contribution in [0.15, 0.2) is 10.7 Å². The highest BCUT2D eigenvalue weighted by Crippen LogP contribution is 2.13. The van der Waals surface area contributed by atoms with Crippen molar-refractivity contribution >= 4 is 28.2 Å². The summed E-state index contributed by atoms with van der Waals surface area (Å²) in [5.41, 5.74) is 0.369. The number of rotatable bonds is 2. The molecule has 5 heteroatoms. The third-order valence-corrected chi connectivity index (χ3v) is 1.88. The van der Waals surface area contributed by atoms with Gasteiger partial charge in [-0.2, -0.15) is 0 Å². The molecule has 0 radical (unpaired) electrons. The summed E-state index contributed by atoms with van der Waals surface area (Å²) < 4.78 is 0.614. The van der Waals surface area contributed by atoms with Crippen molar-refractivity contribution in [2.24, 2.45) is 0 Å². The number of anilines is 1. The molecular formula is C7H8BrN3O. The zero-order valence-corrected chi connectivity index (χ0v) is 8.37. The van der Waals surface area contributed by atoms with Gasteiger partial charge in [0.1, 0.15) is 5.69 Å². The number of halogens is 1. The Labute approximate surface area is 78.8 Å². The molecule has 1 rings (SSSR count). The average Bonchev–Trinajstić information content (AvgIpc) is 2.05. The minimum absolute atomic E-state index is 0.369. The smallest absolute Gasteiger partial charge is 0.225 e. The summed E-state index contributed by atoms with van der Waals surface area (Å²) in [6, 6.07) is 0. The molecule has 0 bridgehead atoms. The summed E-state index contributed by atoms with van der Waals surface area (Å²) in [4.78, 5) is 20.2. The van der Waals surface area contributed by atoms with Crippen LogP contribution in [-0.4, -0.2) is 30.3 Å². The number of nitrogens with zero attached hydrogens (tertiary/aromatic N) is 3. The Morgan fingerprint density at radius 2 is 2.25 bits per heavy atom. The van der Waals surface area contributed by atoms with E-state index in [4.69, 9.17) is 0 Å². The van der Waals surface area contributed by atoms with Crippen molar-refractivity contribution in [2.75, 3.05) is 19.0 Å². The molecule has 1 aromatic rings. The van der Waals surface area contributed by atoms with E-state index in [1.54, 1.807) is 11.1 Å². The van der Waals surface area contributed by atoms with Crippen LogP contribution in [0.25, 0.3) is 0 Å². The lowest BCUT2D eigenvalue weighted by Crippen LogP contribution is -2.13. The highest BCUT2D eigenvalue weighted by atomic mass is 79.9. The lowest BCUT2D eigenvalue weighted by molar-refractivity contribution is 0.111. The van der Waals surface area contributed by atoms with Crippen LogP contribution in [0.5, 0.6) is 0 Å². The lowest BCUT2D eigenvalue weighted by atomic mass is 10.4. The molecule has 0 N–H and O–H groups in total. The summed E-state index contributed by atoms with van der Waals surface area (Å²) in [5.74, 6) is 0.528. The van der Waals surface area contributed by atoms with Crippen molar-refractivity contribution in [2.45, 2.75) is 0 Å². The zero-order valence-electron chi connectivity index (χ0n) is 6.78. The van der Waals surface area contributed by atoms with Crippen LogP contribution >= 0.6 is 15.9 Å². The standard InChI is InChI=1S/C7H8BrN3O/c1-11(2)7-9-3-5(8)6(4-12)10-7/h3-4H,1-2H3. The van der Waals surface area contributed by atoms with E-state index in [2.05, 4.69) is 25.9 Å². The third-order valence-electron chi connectivity index (χ3n) is 1.27. The van der Waals surface area contributed by atoms with Gasteiger partial charge in [0, 0.05) is 20.3 Å². The van der Waals surface area contributed by atoms with Gasteiger partial charge in [-0.25, -0.2) is 9.97 Å². The molecule has 1 heterocycles. The fraction of sp³-hybridized carbons (Fsp3) is 0.286. The number of carbonyl (C=O) groups is 1. The van der Waals surface area contributed by atoms with E-state index in [0.717, 1.165) is 0 Å². The maximum absolute atomic E-state index is 10.5. The van der Waals surface area contributed by atoms with E-state index >= 15 is 0 Å². The van der Waals surface area contributed by atoms with E-state index in [1.807, 2.05) is 14.1 Å². The minimum atomic E-state index is 0.369. The van der Waals surface area contributed by atoms with Gasteiger partial charge in [-0.3, -0.25) is 4.79 Å². The van der Waals surface area contributed by atoms with Crippen LogP contribution in [0.3, 0.4) is 0 Å². The highest BCUT2D eigenvalue weighted by molar-refractivity contribution is 9.10. The molecule has 0 unspecified atom stereocenters. The molecule has 0 amide bonds. The maximum atomic E-state index is 10.5. The molecule has 0 fully saturated rings. The third kappa shape index (κ3) is 1.79. The Kier molecular flexibility index (Phi) is 2.75. The van der Waals surface area contributed by atoms with Gasteiger partial charge >= 0.3 is 0 Å². The second-order valence-electron chi connectivity index (χ2n) is 2.42.